The molecule has 6 heteroatoms. The number of benzene rings is 1. The third-order valence-corrected chi connectivity index (χ3v) is 4.59. The first-order valence-electron chi connectivity index (χ1n) is 5.42. The molecule has 1 aliphatic rings. The van der Waals surface area contributed by atoms with Gasteiger partial charge in [0.15, 0.2) is 9.84 Å². The summed E-state index contributed by atoms with van der Waals surface area (Å²) in [6.45, 7) is 0.525. The molecule has 1 aromatic carbocycles. The van der Waals surface area contributed by atoms with Gasteiger partial charge in [-0.3, -0.25) is 0 Å². The first kappa shape index (κ1) is 12.3. The number of aliphatic hydroxyl groups excluding tert-OH is 1. The molecule has 2 atom stereocenters. The molecule has 1 heterocycles. The number of anilines is 1. The van der Waals surface area contributed by atoms with Crippen LogP contribution in [0.1, 0.15) is 5.56 Å². The van der Waals surface area contributed by atoms with Crippen molar-refractivity contribution in [2.24, 2.45) is 0 Å². The molecule has 2 rings (SSSR count). The van der Waals surface area contributed by atoms with Gasteiger partial charge in [-0.25, -0.2) is 8.42 Å². The molecule has 5 nitrogen and oxygen atoms in total. The number of nitrogen functional groups attached to an aromatic ring is 1. The highest BCUT2D eigenvalue weighted by Gasteiger charge is 2.35. The molecule has 0 unspecified atom stereocenters. The maximum absolute atomic E-state index is 11.3. The van der Waals surface area contributed by atoms with Crippen LogP contribution < -0.4 is 11.1 Å². The molecule has 0 amide bonds. The van der Waals surface area contributed by atoms with E-state index in [9.17, 15) is 13.5 Å². The van der Waals surface area contributed by atoms with Gasteiger partial charge in [-0.2, -0.15) is 0 Å². The van der Waals surface area contributed by atoms with Crippen molar-refractivity contribution in [2.45, 2.75) is 18.7 Å². The van der Waals surface area contributed by atoms with E-state index >= 15 is 0 Å². The molecule has 0 aliphatic carbocycles. The lowest BCUT2D eigenvalue weighted by Gasteiger charge is -2.14. The molecule has 0 radical (unpaired) electrons. The largest absolute Gasteiger partial charge is 0.399 e. The summed E-state index contributed by atoms with van der Waals surface area (Å²) in [4.78, 5) is 0. The number of aliphatic hydroxyl groups is 1. The summed E-state index contributed by atoms with van der Waals surface area (Å²) in [6.07, 6.45) is -0.811. The second-order valence-corrected chi connectivity index (χ2v) is 6.53. The quantitative estimate of drug-likeness (QED) is 0.635. The van der Waals surface area contributed by atoms with Gasteiger partial charge in [-0.15, -0.1) is 0 Å². The van der Waals surface area contributed by atoms with E-state index in [1.165, 1.54) is 0 Å². The van der Waals surface area contributed by atoms with Gasteiger partial charge in [-0.05, 0) is 17.7 Å². The van der Waals surface area contributed by atoms with Crippen LogP contribution in [0.4, 0.5) is 5.69 Å². The normalized spacial score (nSPS) is 27.1. The van der Waals surface area contributed by atoms with Gasteiger partial charge in [-0.1, -0.05) is 12.1 Å². The number of nitrogens with one attached hydrogen (secondary N) is 1. The van der Waals surface area contributed by atoms with E-state index in [1.807, 2.05) is 12.1 Å². The van der Waals surface area contributed by atoms with Gasteiger partial charge in [0.05, 0.1) is 17.6 Å². The van der Waals surface area contributed by atoms with Crippen LogP contribution in [0.15, 0.2) is 24.3 Å². The second-order valence-electron chi connectivity index (χ2n) is 4.37. The Morgan fingerprint density at radius 1 is 1.29 bits per heavy atom. The van der Waals surface area contributed by atoms with Crippen molar-refractivity contribution >= 4 is 15.5 Å². The lowest BCUT2D eigenvalue weighted by molar-refractivity contribution is 0.165. The maximum atomic E-state index is 11.3. The lowest BCUT2D eigenvalue weighted by atomic mass is 10.1. The van der Waals surface area contributed by atoms with Crippen molar-refractivity contribution in [2.75, 3.05) is 17.2 Å². The summed E-state index contributed by atoms with van der Waals surface area (Å²) in [7, 11) is -3.09. The van der Waals surface area contributed by atoms with Crippen LogP contribution in [-0.4, -0.2) is 37.2 Å². The number of nitrogens with two attached hydrogens (primary N) is 1. The van der Waals surface area contributed by atoms with E-state index in [4.69, 9.17) is 5.73 Å². The summed E-state index contributed by atoms with van der Waals surface area (Å²) < 4.78 is 22.6. The molecule has 17 heavy (non-hydrogen) atoms. The summed E-state index contributed by atoms with van der Waals surface area (Å²) >= 11 is 0. The third-order valence-electron chi connectivity index (χ3n) is 2.87. The molecule has 1 saturated heterocycles. The monoisotopic (exact) mass is 256 g/mol. The lowest BCUT2D eigenvalue weighted by Crippen LogP contribution is -2.38. The van der Waals surface area contributed by atoms with Crippen molar-refractivity contribution in [3.8, 4) is 0 Å². The van der Waals surface area contributed by atoms with Gasteiger partial charge < -0.3 is 16.2 Å². The molecule has 0 bridgehead atoms. The molecular formula is C11H16N2O3S. The molecule has 4 N–H and O–H groups in total. The van der Waals surface area contributed by atoms with Crippen molar-refractivity contribution in [1.29, 1.82) is 0 Å². The molecular weight excluding hydrogens is 240 g/mol. The smallest absolute Gasteiger partial charge is 0.154 e. The highest BCUT2D eigenvalue weighted by atomic mass is 32.2. The van der Waals surface area contributed by atoms with Crippen molar-refractivity contribution in [1.82, 2.24) is 5.32 Å². The Bertz CT molecular complexity index is 484. The van der Waals surface area contributed by atoms with Gasteiger partial charge in [0, 0.05) is 18.3 Å². The Labute approximate surface area is 101 Å². The summed E-state index contributed by atoms with van der Waals surface area (Å²) in [6, 6.07) is 6.95. The van der Waals surface area contributed by atoms with Crippen LogP contribution in [0.25, 0.3) is 0 Å². The molecule has 0 aromatic heterocycles. The Balaban J connectivity index is 1.93. The Morgan fingerprint density at radius 2 is 1.94 bits per heavy atom. The highest BCUT2D eigenvalue weighted by molar-refractivity contribution is 7.91. The average molecular weight is 256 g/mol. The van der Waals surface area contributed by atoms with Gasteiger partial charge in [0.25, 0.3) is 0 Å². The van der Waals surface area contributed by atoms with Crippen molar-refractivity contribution < 1.29 is 13.5 Å². The number of rotatable bonds is 3. The minimum atomic E-state index is -3.09. The van der Waals surface area contributed by atoms with Crippen LogP contribution >= 0.6 is 0 Å². The molecule has 0 saturated carbocycles. The molecule has 1 fully saturated rings. The van der Waals surface area contributed by atoms with E-state index in [1.54, 1.807) is 12.1 Å². The predicted octanol–water partition coefficient (Wildman–Crippen LogP) is -0.484. The second kappa shape index (κ2) is 4.64. The fourth-order valence-corrected chi connectivity index (χ4v) is 3.68. The van der Waals surface area contributed by atoms with E-state index < -0.39 is 15.9 Å². The number of hydrogen-bond acceptors (Lipinski definition) is 5. The predicted molar refractivity (Wildman–Crippen MR) is 66.1 cm³/mol. The Hall–Kier alpha value is -1.11. The molecule has 1 aromatic rings. The SMILES string of the molecule is Nc1ccc(CN[C@@H]2CS(=O)(=O)C[C@H]2O)cc1. The zero-order chi connectivity index (χ0) is 12.5. The van der Waals surface area contributed by atoms with Crippen molar-refractivity contribution in [3.05, 3.63) is 29.8 Å². The fourth-order valence-electron chi connectivity index (χ4n) is 1.91. The minimum absolute atomic E-state index is 0.00311. The van der Waals surface area contributed by atoms with Gasteiger partial charge in [0.1, 0.15) is 0 Å². The number of hydrogen-bond donors (Lipinski definition) is 3. The zero-order valence-electron chi connectivity index (χ0n) is 9.33. The van der Waals surface area contributed by atoms with Gasteiger partial charge in [0.2, 0.25) is 0 Å². The Kier molecular flexibility index (Phi) is 3.37. The van der Waals surface area contributed by atoms with Crippen LogP contribution in [0.5, 0.6) is 0 Å². The molecule has 94 valence electrons. The molecule has 0 spiro atoms. The average Bonchev–Trinajstić information content (AvgIpc) is 2.51. The standard InChI is InChI=1S/C11H16N2O3S/c12-9-3-1-8(2-4-9)5-13-10-6-17(15,16)7-11(10)14/h1-4,10-11,13-14H,5-7,12H2/t10-,11-/m1/s1. The topological polar surface area (TPSA) is 92.4 Å². The van der Waals surface area contributed by atoms with E-state index in [0.717, 1.165) is 5.56 Å². The minimum Gasteiger partial charge on any atom is -0.399 e. The zero-order valence-corrected chi connectivity index (χ0v) is 10.2. The first-order valence-corrected chi connectivity index (χ1v) is 7.25. The highest BCUT2D eigenvalue weighted by Crippen LogP contribution is 2.13. The molecule has 1 aliphatic heterocycles. The van der Waals surface area contributed by atoms with E-state index in [2.05, 4.69) is 5.32 Å². The number of sulfone groups is 1. The van der Waals surface area contributed by atoms with Crippen LogP contribution in [-0.2, 0) is 16.4 Å². The van der Waals surface area contributed by atoms with Crippen molar-refractivity contribution in [3.63, 3.8) is 0 Å². The van der Waals surface area contributed by atoms with E-state index in [-0.39, 0.29) is 17.5 Å². The van der Waals surface area contributed by atoms with Gasteiger partial charge >= 0.3 is 0 Å². The van der Waals surface area contributed by atoms with Crippen LogP contribution in [0.2, 0.25) is 0 Å². The first-order chi connectivity index (χ1) is 7.96. The van der Waals surface area contributed by atoms with E-state index in [0.29, 0.717) is 12.2 Å². The fraction of sp³-hybridized carbons (Fsp3) is 0.455. The summed E-state index contributed by atoms with van der Waals surface area (Å²) in [5.41, 5.74) is 7.26. The third kappa shape index (κ3) is 3.18. The summed E-state index contributed by atoms with van der Waals surface area (Å²) in [5.74, 6) is -0.143. The van der Waals surface area contributed by atoms with Crippen LogP contribution in [0.3, 0.4) is 0 Å². The Morgan fingerprint density at radius 3 is 2.47 bits per heavy atom. The maximum Gasteiger partial charge on any atom is 0.154 e. The summed E-state index contributed by atoms with van der Waals surface area (Å²) in [5, 5.41) is 12.6. The van der Waals surface area contributed by atoms with Crippen LogP contribution in [0, 0.1) is 0 Å².